The van der Waals surface area contributed by atoms with Crippen LogP contribution in [0.3, 0.4) is 0 Å². The third-order valence-corrected chi connectivity index (χ3v) is 1.76. The summed E-state index contributed by atoms with van der Waals surface area (Å²) in [5.41, 5.74) is 0. The highest BCUT2D eigenvalue weighted by Gasteiger charge is 2.23. The molecule has 1 atom stereocenters. The third-order valence-electron chi connectivity index (χ3n) is 1.76. The van der Waals surface area contributed by atoms with Crippen molar-refractivity contribution in [2.45, 2.75) is 39.2 Å². The summed E-state index contributed by atoms with van der Waals surface area (Å²) in [6.07, 6.45) is 2.74. The Morgan fingerprint density at radius 2 is 2.40 bits per heavy atom. The van der Waals surface area contributed by atoms with E-state index in [4.69, 9.17) is 0 Å². The number of hydrogen-bond acceptors (Lipinski definition) is 1. The van der Waals surface area contributed by atoms with E-state index in [1.807, 2.05) is 0 Å². The molecule has 2 nitrogen and oxygen atoms in total. The summed E-state index contributed by atoms with van der Waals surface area (Å²) in [6.45, 7) is 4.33. The molecule has 1 saturated heterocycles. The summed E-state index contributed by atoms with van der Waals surface area (Å²) < 4.78 is 0. The molecule has 0 N–H and O–H groups in total. The van der Waals surface area contributed by atoms with Crippen molar-refractivity contribution in [1.29, 1.82) is 0 Å². The van der Waals surface area contributed by atoms with Crippen LogP contribution in [-0.2, 0) is 4.79 Å². The number of carbonyl (C=O) groups excluding carboxylic acids is 1. The van der Waals surface area contributed by atoms with Gasteiger partial charge in [0.2, 0.25) is 5.91 Å². The molecule has 1 fully saturated rings. The molecule has 1 radical (unpaired) electrons. The second kappa shape index (κ2) is 3.04. The Kier molecular flexibility index (Phi) is 2.30. The topological polar surface area (TPSA) is 31.2 Å². The lowest BCUT2D eigenvalue weighted by Crippen LogP contribution is -2.19. The van der Waals surface area contributed by atoms with Crippen molar-refractivity contribution in [2.75, 3.05) is 0 Å². The van der Waals surface area contributed by atoms with Gasteiger partial charge in [0.05, 0.1) is 6.04 Å². The zero-order valence-electron chi connectivity index (χ0n) is 6.63. The Labute approximate surface area is 62.0 Å². The number of carbonyl (C=O) groups is 1. The van der Waals surface area contributed by atoms with E-state index >= 15 is 0 Å². The summed E-state index contributed by atoms with van der Waals surface area (Å²) in [7, 11) is 0. The predicted octanol–water partition coefficient (Wildman–Crippen LogP) is 1.33. The van der Waals surface area contributed by atoms with Crippen molar-refractivity contribution in [2.24, 2.45) is 5.92 Å². The molecule has 2 heteroatoms. The molecule has 57 valence electrons. The Balaban J connectivity index is 2.24. The highest BCUT2D eigenvalue weighted by molar-refractivity contribution is 5.78. The van der Waals surface area contributed by atoms with Gasteiger partial charge >= 0.3 is 0 Å². The van der Waals surface area contributed by atoms with Gasteiger partial charge in [0.15, 0.2) is 0 Å². The number of amides is 1. The minimum atomic E-state index is 0.102. The molecule has 0 aliphatic carbocycles. The molecule has 1 aliphatic heterocycles. The van der Waals surface area contributed by atoms with Gasteiger partial charge in [-0.1, -0.05) is 13.8 Å². The first-order chi connectivity index (χ1) is 4.68. The molecule has 0 aromatic heterocycles. The van der Waals surface area contributed by atoms with E-state index in [2.05, 4.69) is 19.2 Å². The molecule has 0 spiro atoms. The molecule has 0 aromatic rings. The van der Waals surface area contributed by atoms with Crippen LogP contribution in [-0.4, -0.2) is 11.9 Å². The number of hydrogen-bond donors (Lipinski definition) is 0. The second-order valence-electron chi connectivity index (χ2n) is 3.34. The summed E-state index contributed by atoms with van der Waals surface area (Å²) in [5.74, 6) is 0.769. The highest BCUT2D eigenvalue weighted by Crippen LogP contribution is 2.16. The van der Waals surface area contributed by atoms with Crippen molar-refractivity contribution < 1.29 is 4.79 Å². The average Bonchev–Trinajstić information content (AvgIpc) is 2.13. The minimum Gasteiger partial charge on any atom is -0.273 e. The smallest absolute Gasteiger partial charge is 0.241 e. The van der Waals surface area contributed by atoms with Crippen LogP contribution in [0, 0.1) is 5.92 Å². The normalized spacial score (nSPS) is 25.5. The molecular formula is C8H14NO. The van der Waals surface area contributed by atoms with E-state index in [0.717, 1.165) is 12.8 Å². The van der Waals surface area contributed by atoms with E-state index in [9.17, 15) is 4.79 Å². The monoisotopic (exact) mass is 140 g/mol. The summed E-state index contributed by atoms with van der Waals surface area (Å²) in [4.78, 5) is 10.7. The minimum absolute atomic E-state index is 0.102. The van der Waals surface area contributed by atoms with Gasteiger partial charge in [-0.05, 0) is 18.8 Å². The van der Waals surface area contributed by atoms with Crippen LogP contribution in [0.1, 0.15) is 33.1 Å². The molecular weight excluding hydrogens is 126 g/mol. The van der Waals surface area contributed by atoms with E-state index in [0.29, 0.717) is 18.4 Å². The first-order valence-corrected chi connectivity index (χ1v) is 3.92. The van der Waals surface area contributed by atoms with Gasteiger partial charge in [-0.15, -0.1) is 0 Å². The van der Waals surface area contributed by atoms with Crippen LogP contribution in [0.15, 0.2) is 0 Å². The standard InChI is InChI=1S/C8H14NO/c1-6(2)5-7-3-4-8(10)9-7/h6-7H,3-5H2,1-2H3. The Morgan fingerprint density at radius 1 is 1.70 bits per heavy atom. The van der Waals surface area contributed by atoms with Crippen molar-refractivity contribution in [3.05, 3.63) is 0 Å². The van der Waals surface area contributed by atoms with Crippen molar-refractivity contribution in [3.8, 4) is 0 Å². The number of nitrogens with zero attached hydrogens (tertiary/aromatic N) is 1. The van der Waals surface area contributed by atoms with E-state index in [1.54, 1.807) is 0 Å². The molecule has 0 aromatic carbocycles. The molecule has 1 aliphatic rings. The van der Waals surface area contributed by atoms with Gasteiger partial charge < -0.3 is 0 Å². The van der Waals surface area contributed by atoms with Crippen LogP contribution >= 0.6 is 0 Å². The molecule has 1 heterocycles. The van der Waals surface area contributed by atoms with Crippen molar-refractivity contribution >= 4 is 5.91 Å². The largest absolute Gasteiger partial charge is 0.273 e. The Morgan fingerprint density at radius 3 is 2.80 bits per heavy atom. The molecule has 1 rings (SSSR count). The summed E-state index contributed by atoms with van der Waals surface area (Å²) >= 11 is 0. The number of rotatable bonds is 2. The van der Waals surface area contributed by atoms with Gasteiger partial charge in [-0.3, -0.25) is 4.79 Å². The lowest BCUT2D eigenvalue weighted by molar-refractivity contribution is -0.119. The first kappa shape index (κ1) is 7.58. The highest BCUT2D eigenvalue weighted by atomic mass is 16.1. The molecule has 0 bridgehead atoms. The molecule has 1 amide bonds. The van der Waals surface area contributed by atoms with Crippen LogP contribution in [0.25, 0.3) is 0 Å². The quantitative estimate of drug-likeness (QED) is 0.569. The maximum absolute atomic E-state index is 10.7. The molecule has 1 unspecified atom stereocenters. The SMILES string of the molecule is CC(C)CC1CCC(=O)[N]1. The average molecular weight is 140 g/mol. The fourth-order valence-corrected chi connectivity index (χ4v) is 1.34. The predicted molar refractivity (Wildman–Crippen MR) is 39.6 cm³/mol. The zero-order valence-corrected chi connectivity index (χ0v) is 6.63. The van der Waals surface area contributed by atoms with Crippen molar-refractivity contribution in [1.82, 2.24) is 5.32 Å². The first-order valence-electron chi connectivity index (χ1n) is 3.92. The fourth-order valence-electron chi connectivity index (χ4n) is 1.34. The Hall–Kier alpha value is -0.530. The molecule has 0 saturated carbocycles. The van der Waals surface area contributed by atoms with Gasteiger partial charge in [0.25, 0.3) is 0 Å². The second-order valence-corrected chi connectivity index (χ2v) is 3.34. The summed E-state index contributed by atoms with van der Waals surface area (Å²) in [6, 6.07) is 0.340. The lowest BCUT2D eigenvalue weighted by atomic mass is 10.0. The Bertz CT molecular complexity index is 131. The van der Waals surface area contributed by atoms with Crippen LogP contribution in [0.5, 0.6) is 0 Å². The summed E-state index contributed by atoms with van der Waals surface area (Å²) in [5, 5.41) is 3.99. The maximum Gasteiger partial charge on any atom is 0.241 e. The fraction of sp³-hybridized carbons (Fsp3) is 0.875. The third kappa shape index (κ3) is 2.01. The van der Waals surface area contributed by atoms with E-state index in [-0.39, 0.29) is 5.91 Å². The van der Waals surface area contributed by atoms with Gasteiger partial charge in [-0.25, -0.2) is 5.32 Å². The maximum atomic E-state index is 10.7. The van der Waals surface area contributed by atoms with Crippen LogP contribution in [0.2, 0.25) is 0 Å². The van der Waals surface area contributed by atoms with Crippen LogP contribution in [0.4, 0.5) is 0 Å². The lowest BCUT2D eigenvalue weighted by Gasteiger charge is -2.09. The van der Waals surface area contributed by atoms with Gasteiger partial charge in [0.1, 0.15) is 0 Å². The van der Waals surface area contributed by atoms with Gasteiger partial charge in [-0.2, -0.15) is 0 Å². The zero-order chi connectivity index (χ0) is 7.56. The molecule has 10 heavy (non-hydrogen) atoms. The van der Waals surface area contributed by atoms with E-state index < -0.39 is 0 Å². The van der Waals surface area contributed by atoms with E-state index in [1.165, 1.54) is 0 Å². The van der Waals surface area contributed by atoms with Crippen LogP contribution < -0.4 is 5.32 Å². The van der Waals surface area contributed by atoms with Crippen molar-refractivity contribution in [3.63, 3.8) is 0 Å². The van der Waals surface area contributed by atoms with Gasteiger partial charge in [0, 0.05) is 6.42 Å².